The molecule has 1 saturated heterocycles. The molecule has 2 aromatic carbocycles. The summed E-state index contributed by atoms with van der Waals surface area (Å²) < 4.78 is 67.6. The number of benzene rings is 2. The molecule has 1 unspecified atom stereocenters. The number of aromatic nitrogens is 1. The van der Waals surface area contributed by atoms with Gasteiger partial charge in [-0.2, -0.15) is 8.42 Å². The Labute approximate surface area is 388 Å². The fourth-order valence-electron chi connectivity index (χ4n) is 6.68. The first kappa shape index (κ1) is 53.7. The molecule has 362 valence electrons. The van der Waals surface area contributed by atoms with Crippen LogP contribution in [0.1, 0.15) is 63.4 Å². The second kappa shape index (κ2) is 28.3. The molecule has 17 nitrogen and oxygen atoms in total. The summed E-state index contributed by atoms with van der Waals surface area (Å²) in [6.07, 6.45) is 1.24. The molecule has 3 aromatic rings. The number of ether oxygens (including phenoxy) is 7. The zero-order chi connectivity index (χ0) is 47.1. The zero-order valence-electron chi connectivity index (χ0n) is 38.7. The van der Waals surface area contributed by atoms with Crippen LogP contribution in [0.15, 0.2) is 58.9 Å². The summed E-state index contributed by atoms with van der Waals surface area (Å²) in [6, 6.07) is 12.8. The molecule has 1 aromatic heterocycles. The summed E-state index contributed by atoms with van der Waals surface area (Å²) in [5.41, 5.74) is 5.19. The topological polar surface area (TPSA) is 199 Å². The first-order valence-electron chi connectivity index (χ1n) is 22.1. The maximum Gasteiger partial charge on any atom is 0.297 e. The zero-order valence-corrected chi connectivity index (χ0v) is 40.3. The molecule has 65 heavy (non-hydrogen) atoms. The molecular weight excluding hydrogens is 881 g/mol. The largest absolute Gasteiger partial charge is 0.377 e. The summed E-state index contributed by atoms with van der Waals surface area (Å²) in [7, 11) is -3.80. The molecule has 2 N–H and O–H groups in total. The van der Waals surface area contributed by atoms with Gasteiger partial charge in [-0.1, -0.05) is 62.7 Å². The minimum atomic E-state index is -3.80. The van der Waals surface area contributed by atoms with Gasteiger partial charge in [-0.25, -0.2) is 4.98 Å². The molecule has 1 aliphatic rings. The second-order valence-corrected chi connectivity index (χ2v) is 19.0. The van der Waals surface area contributed by atoms with E-state index in [1.807, 2.05) is 71.3 Å². The summed E-state index contributed by atoms with van der Waals surface area (Å²) in [5.74, 6) is -0.935. The molecule has 0 bridgehead atoms. The number of nitrogens with zero attached hydrogens (tertiary/aromatic N) is 2. The van der Waals surface area contributed by atoms with Crippen molar-refractivity contribution in [3.8, 4) is 10.4 Å². The van der Waals surface area contributed by atoms with Crippen molar-refractivity contribution in [1.82, 2.24) is 20.5 Å². The maximum absolute atomic E-state index is 13.9. The van der Waals surface area contributed by atoms with Crippen LogP contribution >= 0.6 is 11.3 Å². The van der Waals surface area contributed by atoms with Crippen LogP contribution in [0, 0.1) is 19.3 Å². The SMILES string of the molecule is Cc1ccc(S(=O)(=O)OCCOCCOCCOCCOCCOCCOCCOCC(=O)NC(C(=O)N2CCC[C@H]2C(=O)N[C@@H](C)c2ccc(-c3scnc3C)cc2)C(C)(C)C)cc1. The average Bonchev–Trinajstić information content (AvgIpc) is 3.95. The monoisotopic (exact) mass is 948 g/mol. The van der Waals surface area contributed by atoms with E-state index in [1.54, 1.807) is 28.4 Å². The van der Waals surface area contributed by atoms with Gasteiger partial charge in [0.1, 0.15) is 18.7 Å². The van der Waals surface area contributed by atoms with Crippen LogP contribution in [0.25, 0.3) is 10.4 Å². The number of aryl methyl sites for hydroxylation is 2. The molecule has 0 spiro atoms. The molecule has 3 amide bonds. The predicted octanol–water partition coefficient (Wildman–Crippen LogP) is 4.65. The van der Waals surface area contributed by atoms with Crippen molar-refractivity contribution in [3.63, 3.8) is 0 Å². The summed E-state index contributed by atoms with van der Waals surface area (Å²) in [4.78, 5) is 47.5. The Balaban J connectivity index is 0.961. The van der Waals surface area contributed by atoms with Crippen molar-refractivity contribution in [2.75, 3.05) is 106 Å². The van der Waals surface area contributed by atoms with Crippen LogP contribution in [0.3, 0.4) is 0 Å². The number of likely N-dealkylation sites (tertiary alicyclic amines) is 1. The number of amides is 3. The number of hydrogen-bond acceptors (Lipinski definition) is 15. The van der Waals surface area contributed by atoms with Gasteiger partial charge in [0.2, 0.25) is 17.7 Å². The van der Waals surface area contributed by atoms with E-state index in [9.17, 15) is 22.8 Å². The molecule has 3 atom stereocenters. The minimum absolute atomic E-state index is 0.0814. The highest BCUT2D eigenvalue weighted by Crippen LogP contribution is 2.29. The van der Waals surface area contributed by atoms with E-state index in [0.29, 0.717) is 85.5 Å². The van der Waals surface area contributed by atoms with Crippen LogP contribution in [-0.4, -0.2) is 154 Å². The highest BCUT2D eigenvalue weighted by molar-refractivity contribution is 7.86. The number of hydrogen-bond donors (Lipinski definition) is 2. The van der Waals surface area contributed by atoms with Crippen molar-refractivity contribution < 1.29 is 60.1 Å². The standard InChI is InChI=1S/C46H68N4O13S2/c1-34-9-15-39(16-10-34)65(54,55)63-31-30-61-27-26-59-23-22-57-19-18-56-20-21-58-24-25-60-28-29-62-32-41(51)49-43(46(4,5)6)45(53)50-17-7-8-40(50)44(52)48-35(2)37-11-13-38(14-12-37)42-36(3)47-33-64-42/h9-16,33,35,40,43H,7-8,17-32H2,1-6H3,(H,48,52)(H,49,51)/t35-,40-,43?/m0/s1. The predicted molar refractivity (Wildman–Crippen MR) is 245 cm³/mol. The Morgan fingerprint density at radius 3 is 1.74 bits per heavy atom. The van der Waals surface area contributed by atoms with Gasteiger partial charge in [-0.15, -0.1) is 11.3 Å². The van der Waals surface area contributed by atoms with Gasteiger partial charge in [-0.3, -0.25) is 18.6 Å². The first-order chi connectivity index (χ1) is 31.2. The Morgan fingerprint density at radius 2 is 1.25 bits per heavy atom. The fourth-order valence-corrected chi connectivity index (χ4v) is 8.38. The number of thiazole rings is 1. The van der Waals surface area contributed by atoms with E-state index >= 15 is 0 Å². The third-order valence-corrected chi connectivity index (χ3v) is 12.6. The highest BCUT2D eigenvalue weighted by atomic mass is 32.2. The molecule has 4 rings (SSSR count). The average molecular weight is 949 g/mol. The van der Waals surface area contributed by atoms with Crippen molar-refractivity contribution in [2.45, 2.75) is 77.4 Å². The Kier molecular flexibility index (Phi) is 23.4. The van der Waals surface area contributed by atoms with E-state index in [-0.39, 0.29) is 55.8 Å². The second-order valence-electron chi connectivity index (χ2n) is 16.5. The van der Waals surface area contributed by atoms with Gasteiger partial charge in [-0.05, 0) is 62.3 Å². The van der Waals surface area contributed by atoms with Gasteiger partial charge in [0.25, 0.3) is 10.1 Å². The summed E-state index contributed by atoms with van der Waals surface area (Å²) in [6.45, 7) is 15.9. The van der Waals surface area contributed by atoms with Crippen molar-refractivity contribution >= 4 is 39.2 Å². The molecule has 1 aliphatic heterocycles. The number of rotatable bonds is 31. The van der Waals surface area contributed by atoms with Crippen LogP contribution in [0.2, 0.25) is 0 Å². The normalized spacial score (nSPS) is 15.2. The van der Waals surface area contributed by atoms with Gasteiger partial charge in [0.15, 0.2) is 0 Å². The summed E-state index contributed by atoms with van der Waals surface area (Å²) >= 11 is 1.59. The van der Waals surface area contributed by atoms with Crippen LogP contribution in [-0.2, 0) is 61.8 Å². The third-order valence-electron chi connectivity index (χ3n) is 10.3. The van der Waals surface area contributed by atoms with E-state index < -0.39 is 33.5 Å². The number of nitrogens with one attached hydrogen (secondary N) is 2. The van der Waals surface area contributed by atoms with Gasteiger partial charge in [0, 0.05) is 6.54 Å². The van der Waals surface area contributed by atoms with Gasteiger partial charge in [0.05, 0.1) is 120 Å². The van der Waals surface area contributed by atoms with Crippen molar-refractivity contribution in [3.05, 3.63) is 70.9 Å². The number of carbonyl (C=O) groups is 3. The van der Waals surface area contributed by atoms with Crippen molar-refractivity contribution in [2.24, 2.45) is 5.41 Å². The molecule has 2 heterocycles. The van der Waals surface area contributed by atoms with Gasteiger partial charge < -0.3 is 48.7 Å². The van der Waals surface area contributed by atoms with Crippen LogP contribution in [0.4, 0.5) is 0 Å². The summed E-state index contributed by atoms with van der Waals surface area (Å²) in [5, 5.41) is 5.95. The lowest BCUT2D eigenvalue weighted by atomic mass is 9.85. The van der Waals surface area contributed by atoms with E-state index in [0.717, 1.165) is 27.3 Å². The first-order valence-corrected chi connectivity index (χ1v) is 24.4. The number of carbonyl (C=O) groups excluding carboxylic acids is 3. The molecule has 0 saturated carbocycles. The Bertz CT molecular complexity index is 1980. The molecule has 1 fully saturated rings. The lowest BCUT2D eigenvalue weighted by Crippen LogP contribution is -2.58. The molecule has 0 aliphatic carbocycles. The lowest BCUT2D eigenvalue weighted by Gasteiger charge is -2.35. The van der Waals surface area contributed by atoms with E-state index in [4.69, 9.17) is 37.3 Å². The quantitative estimate of drug-likeness (QED) is 0.0668. The van der Waals surface area contributed by atoms with Crippen molar-refractivity contribution in [1.29, 1.82) is 0 Å². The van der Waals surface area contributed by atoms with Crippen LogP contribution in [0.5, 0.6) is 0 Å². The minimum Gasteiger partial charge on any atom is -0.377 e. The smallest absolute Gasteiger partial charge is 0.297 e. The Hall–Kier alpha value is -3.89. The Morgan fingerprint density at radius 1 is 0.738 bits per heavy atom. The van der Waals surface area contributed by atoms with E-state index in [2.05, 4.69) is 15.6 Å². The maximum atomic E-state index is 13.9. The van der Waals surface area contributed by atoms with Crippen LogP contribution < -0.4 is 10.6 Å². The highest BCUT2D eigenvalue weighted by Gasteiger charge is 2.42. The fraction of sp³-hybridized carbons (Fsp3) is 0.609. The van der Waals surface area contributed by atoms with Gasteiger partial charge >= 0.3 is 0 Å². The van der Waals surface area contributed by atoms with E-state index in [1.165, 1.54) is 12.1 Å². The lowest BCUT2D eigenvalue weighted by molar-refractivity contribution is -0.144. The third kappa shape index (κ3) is 19.1. The molecule has 0 radical (unpaired) electrons. The molecular formula is C46H68N4O13S2. The molecule has 19 heteroatoms.